The normalized spacial score (nSPS) is 19.6. The monoisotopic (exact) mass is 252 g/mol. The van der Waals surface area contributed by atoms with E-state index in [1.54, 1.807) is 11.8 Å². The number of nitrogens with zero attached hydrogens (tertiary/aromatic N) is 3. The van der Waals surface area contributed by atoms with Gasteiger partial charge in [0.05, 0.1) is 18.7 Å². The summed E-state index contributed by atoms with van der Waals surface area (Å²) >= 11 is 0. The Morgan fingerprint density at radius 1 is 1.61 bits per heavy atom. The number of nitrogens with one attached hydrogen (secondary N) is 1. The fourth-order valence-electron chi connectivity index (χ4n) is 2.08. The molecule has 1 aliphatic rings. The first-order chi connectivity index (χ1) is 8.72. The van der Waals surface area contributed by atoms with Crippen LogP contribution in [0.3, 0.4) is 0 Å². The van der Waals surface area contributed by atoms with Crippen molar-refractivity contribution in [3.05, 3.63) is 11.9 Å². The quantitative estimate of drug-likeness (QED) is 0.777. The fraction of sp³-hybridized carbons (Fsp3) is 0.636. The molecular formula is C11H16N4O3. The number of ether oxygens (including phenoxy) is 1. The molecule has 1 saturated heterocycles. The van der Waals surface area contributed by atoms with Crippen LogP contribution >= 0.6 is 0 Å². The predicted octanol–water partition coefficient (Wildman–Crippen LogP) is 0.220. The van der Waals surface area contributed by atoms with Gasteiger partial charge in [-0.3, -0.25) is 9.59 Å². The molecule has 0 aliphatic carbocycles. The topological polar surface area (TPSA) is 88.2 Å². The molecule has 98 valence electrons. The highest BCUT2D eigenvalue weighted by molar-refractivity contribution is 5.92. The molecule has 0 radical (unpaired) electrons. The molecule has 1 aromatic heterocycles. The van der Waals surface area contributed by atoms with Crippen molar-refractivity contribution < 1.29 is 14.3 Å². The molecule has 0 saturated carbocycles. The Bertz CT molecular complexity index is 418. The number of H-pyrrole nitrogens is 1. The standard InChI is InChI=1S/C11H16N4O3/c1-2-18-11(17)8-4-3-5-15(7-8)10(16)9-6-12-14-13-9/h6,8H,2-5,7H2,1H3,(H,12,13,14). The molecule has 1 amide bonds. The summed E-state index contributed by atoms with van der Waals surface area (Å²) in [6, 6.07) is 0. The number of carbonyl (C=O) groups is 2. The van der Waals surface area contributed by atoms with Crippen molar-refractivity contribution >= 4 is 11.9 Å². The summed E-state index contributed by atoms with van der Waals surface area (Å²) in [5, 5.41) is 9.77. The number of hydrogen-bond donors (Lipinski definition) is 1. The zero-order valence-electron chi connectivity index (χ0n) is 10.3. The molecule has 2 rings (SSSR count). The van der Waals surface area contributed by atoms with Gasteiger partial charge >= 0.3 is 5.97 Å². The zero-order chi connectivity index (χ0) is 13.0. The molecule has 0 bridgehead atoms. The van der Waals surface area contributed by atoms with E-state index in [0.717, 1.165) is 12.8 Å². The van der Waals surface area contributed by atoms with Crippen LogP contribution in [0.1, 0.15) is 30.3 Å². The van der Waals surface area contributed by atoms with Gasteiger partial charge in [0.2, 0.25) is 0 Å². The Hall–Kier alpha value is -1.92. The summed E-state index contributed by atoms with van der Waals surface area (Å²) < 4.78 is 4.99. The lowest BCUT2D eigenvalue weighted by molar-refractivity contribution is -0.149. The van der Waals surface area contributed by atoms with Gasteiger partial charge < -0.3 is 9.64 Å². The predicted molar refractivity (Wildman–Crippen MR) is 61.6 cm³/mol. The average molecular weight is 252 g/mol. The van der Waals surface area contributed by atoms with Crippen molar-refractivity contribution in [2.24, 2.45) is 5.92 Å². The number of aromatic nitrogens is 3. The van der Waals surface area contributed by atoms with E-state index < -0.39 is 0 Å². The second-order valence-electron chi connectivity index (χ2n) is 4.20. The first-order valence-corrected chi connectivity index (χ1v) is 6.04. The van der Waals surface area contributed by atoms with Crippen LogP contribution in [-0.2, 0) is 9.53 Å². The van der Waals surface area contributed by atoms with E-state index in [1.165, 1.54) is 6.20 Å². The third-order valence-corrected chi connectivity index (χ3v) is 2.96. The molecule has 7 nitrogen and oxygen atoms in total. The number of likely N-dealkylation sites (tertiary alicyclic amines) is 1. The van der Waals surface area contributed by atoms with E-state index in [4.69, 9.17) is 4.74 Å². The number of aromatic amines is 1. The highest BCUT2D eigenvalue weighted by Crippen LogP contribution is 2.19. The molecule has 1 aromatic rings. The molecule has 1 N–H and O–H groups in total. The van der Waals surface area contributed by atoms with Gasteiger partial charge in [-0.25, -0.2) is 0 Å². The molecule has 1 atom stereocenters. The zero-order valence-corrected chi connectivity index (χ0v) is 10.3. The molecule has 18 heavy (non-hydrogen) atoms. The minimum absolute atomic E-state index is 0.197. The summed E-state index contributed by atoms with van der Waals surface area (Å²) in [6.07, 6.45) is 2.95. The lowest BCUT2D eigenvalue weighted by Gasteiger charge is -2.30. The van der Waals surface area contributed by atoms with Crippen LogP contribution in [0.2, 0.25) is 0 Å². The van der Waals surface area contributed by atoms with E-state index in [0.29, 0.717) is 19.7 Å². The van der Waals surface area contributed by atoms with Crippen LogP contribution in [-0.4, -0.2) is 51.9 Å². The lowest BCUT2D eigenvalue weighted by Crippen LogP contribution is -2.43. The van der Waals surface area contributed by atoms with Crippen LogP contribution in [0.4, 0.5) is 0 Å². The Labute approximate surface area is 104 Å². The van der Waals surface area contributed by atoms with Crippen LogP contribution < -0.4 is 0 Å². The summed E-state index contributed by atoms with van der Waals surface area (Å²) in [4.78, 5) is 25.3. The minimum atomic E-state index is -0.227. The number of carbonyl (C=O) groups excluding carboxylic acids is 2. The highest BCUT2D eigenvalue weighted by Gasteiger charge is 2.30. The van der Waals surface area contributed by atoms with Crippen LogP contribution in [0.5, 0.6) is 0 Å². The number of amides is 1. The van der Waals surface area contributed by atoms with Crippen molar-refractivity contribution in [2.75, 3.05) is 19.7 Å². The van der Waals surface area contributed by atoms with Gasteiger partial charge in [-0.15, -0.1) is 0 Å². The number of hydrogen-bond acceptors (Lipinski definition) is 5. The molecule has 2 heterocycles. The largest absolute Gasteiger partial charge is 0.466 e. The third-order valence-electron chi connectivity index (χ3n) is 2.96. The van der Waals surface area contributed by atoms with E-state index in [-0.39, 0.29) is 23.5 Å². The van der Waals surface area contributed by atoms with Gasteiger partial charge in [0.15, 0.2) is 5.69 Å². The SMILES string of the molecule is CCOC(=O)C1CCCN(C(=O)c2cn[nH]n2)C1. The van der Waals surface area contributed by atoms with Crippen LogP contribution in [0.15, 0.2) is 6.20 Å². The van der Waals surface area contributed by atoms with Crippen molar-refractivity contribution in [1.82, 2.24) is 20.3 Å². The second-order valence-corrected chi connectivity index (χ2v) is 4.20. The van der Waals surface area contributed by atoms with Crippen LogP contribution in [0.25, 0.3) is 0 Å². The number of rotatable bonds is 3. The lowest BCUT2D eigenvalue weighted by atomic mass is 9.98. The van der Waals surface area contributed by atoms with Gasteiger partial charge in [-0.1, -0.05) is 0 Å². The van der Waals surface area contributed by atoms with Gasteiger partial charge in [-0.05, 0) is 19.8 Å². The van der Waals surface area contributed by atoms with Crippen molar-refractivity contribution in [3.63, 3.8) is 0 Å². The number of piperidine rings is 1. The van der Waals surface area contributed by atoms with Gasteiger partial charge in [0.1, 0.15) is 0 Å². The fourth-order valence-corrected chi connectivity index (χ4v) is 2.08. The first-order valence-electron chi connectivity index (χ1n) is 6.04. The Kier molecular flexibility index (Phi) is 3.91. The summed E-state index contributed by atoms with van der Waals surface area (Å²) in [6.45, 7) is 3.18. The minimum Gasteiger partial charge on any atom is -0.466 e. The van der Waals surface area contributed by atoms with Crippen LogP contribution in [0, 0.1) is 5.92 Å². The Balaban J connectivity index is 1.98. The molecule has 1 unspecified atom stereocenters. The highest BCUT2D eigenvalue weighted by atomic mass is 16.5. The van der Waals surface area contributed by atoms with E-state index in [1.807, 2.05) is 0 Å². The van der Waals surface area contributed by atoms with Crippen molar-refractivity contribution in [1.29, 1.82) is 0 Å². The Morgan fingerprint density at radius 3 is 3.11 bits per heavy atom. The van der Waals surface area contributed by atoms with E-state index in [9.17, 15) is 9.59 Å². The summed E-state index contributed by atoms with van der Waals surface area (Å²) in [7, 11) is 0. The van der Waals surface area contributed by atoms with Crippen molar-refractivity contribution in [2.45, 2.75) is 19.8 Å². The maximum Gasteiger partial charge on any atom is 0.310 e. The van der Waals surface area contributed by atoms with Gasteiger partial charge in [0, 0.05) is 13.1 Å². The molecule has 1 aliphatic heterocycles. The Morgan fingerprint density at radius 2 is 2.44 bits per heavy atom. The van der Waals surface area contributed by atoms with E-state index in [2.05, 4.69) is 15.4 Å². The summed E-state index contributed by atoms with van der Waals surface area (Å²) in [5.41, 5.74) is 0.277. The molecule has 0 aromatic carbocycles. The second kappa shape index (κ2) is 5.61. The number of esters is 1. The maximum absolute atomic E-state index is 12.0. The third kappa shape index (κ3) is 2.66. The van der Waals surface area contributed by atoms with Crippen molar-refractivity contribution in [3.8, 4) is 0 Å². The average Bonchev–Trinajstić information content (AvgIpc) is 2.92. The smallest absolute Gasteiger partial charge is 0.310 e. The molecule has 7 heteroatoms. The van der Waals surface area contributed by atoms with E-state index >= 15 is 0 Å². The van der Waals surface area contributed by atoms with Gasteiger partial charge in [-0.2, -0.15) is 15.4 Å². The summed E-state index contributed by atoms with van der Waals surface area (Å²) in [5.74, 6) is -0.651. The molecule has 1 fully saturated rings. The first kappa shape index (κ1) is 12.5. The molecular weight excluding hydrogens is 236 g/mol. The maximum atomic E-state index is 12.0. The molecule has 0 spiro atoms. The van der Waals surface area contributed by atoms with Gasteiger partial charge in [0.25, 0.3) is 5.91 Å².